The van der Waals surface area contributed by atoms with Crippen molar-refractivity contribution in [2.75, 3.05) is 0 Å². The van der Waals surface area contributed by atoms with E-state index in [1.54, 1.807) is 0 Å². The van der Waals surface area contributed by atoms with Crippen molar-refractivity contribution in [3.63, 3.8) is 0 Å². The van der Waals surface area contributed by atoms with E-state index in [1.807, 2.05) is 18.2 Å². The van der Waals surface area contributed by atoms with E-state index >= 15 is 0 Å². The Balaban J connectivity index is 1.54. The second kappa shape index (κ2) is 7.11. The van der Waals surface area contributed by atoms with Crippen LogP contribution in [0, 0.1) is 0 Å². The fourth-order valence-corrected chi connectivity index (χ4v) is 3.05. The smallest absolute Gasteiger partial charge is 0.289 e. The Morgan fingerprint density at radius 3 is 2.30 bits per heavy atom. The Hall–Kier alpha value is -2.74. The first-order valence-corrected chi connectivity index (χ1v) is 8.73. The van der Waals surface area contributed by atoms with Gasteiger partial charge in [-0.1, -0.05) is 30.3 Å². The molecule has 140 valence electrons. The van der Waals surface area contributed by atoms with Crippen molar-refractivity contribution in [3.05, 3.63) is 71.5 Å². The van der Waals surface area contributed by atoms with E-state index in [4.69, 9.17) is 0 Å². The Kier molecular flexibility index (Phi) is 4.65. The molecule has 1 fully saturated rings. The van der Waals surface area contributed by atoms with Crippen LogP contribution in [0.15, 0.2) is 54.6 Å². The van der Waals surface area contributed by atoms with Crippen LogP contribution < -0.4 is 0 Å². The number of aromatic nitrogens is 4. The quantitative estimate of drug-likeness (QED) is 0.659. The van der Waals surface area contributed by atoms with Crippen LogP contribution in [0.5, 0.6) is 0 Å². The molecule has 27 heavy (non-hydrogen) atoms. The molecule has 4 rings (SSSR count). The first-order chi connectivity index (χ1) is 13.0. The van der Waals surface area contributed by atoms with Crippen LogP contribution in [0.4, 0.5) is 13.2 Å². The molecule has 1 aliphatic carbocycles. The highest BCUT2D eigenvalue weighted by Crippen LogP contribution is 2.31. The van der Waals surface area contributed by atoms with Crippen LogP contribution in [-0.2, 0) is 19.3 Å². The van der Waals surface area contributed by atoms with Gasteiger partial charge in [-0.15, -0.1) is 5.10 Å². The minimum absolute atomic E-state index is 0.489. The Morgan fingerprint density at radius 2 is 1.67 bits per heavy atom. The second-order valence-corrected chi connectivity index (χ2v) is 6.67. The molecule has 0 unspecified atom stereocenters. The van der Waals surface area contributed by atoms with Crippen molar-refractivity contribution in [1.82, 2.24) is 25.1 Å². The van der Waals surface area contributed by atoms with E-state index in [1.165, 1.54) is 22.4 Å². The summed E-state index contributed by atoms with van der Waals surface area (Å²) >= 11 is 0. The number of benzene rings is 2. The molecule has 0 saturated heterocycles. The summed E-state index contributed by atoms with van der Waals surface area (Å²) in [6.45, 7) is 1.32. The molecule has 0 aliphatic heterocycles. The summed E-state index contributed by atoms with van der Waals surface area (Å²) in [5.74, 6) is 0.609. The Morgan fingerprint density at radius 1 is 0.963 bits per heavy atom. The van der Waals surface area contributed by atoms with Crippen molar-refractivity contribution >= 4 is 0 Å². The molecule has 0 N–H and O–H groups in total. The van der Waals surface area contributed by atoms with Gasteiger partial charge in [0.05, 0.1) is 17.8 Å². The fraction of sp³-hybridized carbons (Fsp3) is 0.316. The van der Waals surface area contributed by atoms with Gasteiger partial charge in [-0.05, 0) is 53.1 Å². The molecule has 2 aromatic carbocycles. The lowest BCUT2D eigenvalue weighted by molar-refractivity contribution is -0.137. The molecule has 0 radical (unpaired) electrons. The lowest BCUT2D eigenvalue weighted by atomic mass is 10.2. The molecule has 1 aromatic heterocycles. The molecule has 8 heteroatoms. The van der Waals surface area contributed by atoms with Gasteiger partial charge in [-0.2, -0.15) is 17.9 Å². The number of rotatable bonds is 6. The lowest BCUT2D eigenvalue weighted by Crippen LogP contribution is -2.26. The molecule has 0 atom stereocenters. The predicted octanol–water partition coefficient (Wildman–Crippen LogP) is 3.85. The van der Waals surface area contributed by atoms with Gasteiger partial charge in [-0.3, -0.25) is 4.90 Å². The summed E-state index contributed by atoms with van der Waals surface area (Å²) in [5.41, 5.74) is 1.03. The SMILES string of the molecule is FC(F)(F)c1ccc(-n2nnnc2CN(Cc2ccccc2)C2CC2)cc1. The number of alkyl halides is 3. The van der Waals surface area contributed by atoms with Crippen molar-refractivity contribution in [1.29, 1.82) is 0 Å². The maximum atomic E-state index is 12.8. The van der Waals surface area contributed by atoms with Crippen LogP contribution >= 0.6 is 0 Å². The largest absolute Gasteiger partial charge is 0.416 e. The Bertz CT molecular complexity index is 886. The highest BCUT2D eigenvalue weighted by atomic mass is 19.4. The minimum atomic E-state index is -4.36. The maximum absolute atomic E-state index is 12.8. The number of hydrogen-bond donors (Lipinski definition) is 0. The van der Waals surface area contributed by atoms with Gasteiger partial charge in [0.15, 0.2) is 5.82 Å². The summed E-state index contributed by atoms with van der Waals surface area (Å²) in [6, 6.07) is 15.5. The first-order valence-electron chi connectivity index (χ1n) is 8.73. The Labute approximate surface area is 154 Å². The third-order valence-electron chi connectivity index (χ3n) is 4.61. The van der Waals surface area contributed by atoms with Crippen LogP contribution in [0.3, 0.4) is 0 Å². The van der Waals surface area contributed by atoms with Gasteiger partial charge < -0.3 is 0 Å². The van der Waals surface area contributed by atoms with Crippen molar-refractivity contribution in [3.8, 4) is 5.69 Å². The first kappa shape index (κ1) is 17.7. The van der Waals surface area contributed by atoms with Crippen LogP contribution in [0.25, 0.3) is 5.69 Å². The normalized spacial score (nSPS) is 14.7. The standard InChI is InChI=1S/C19H18F3N5/c20-19(21,22)15-6-8-17(9-7-15)27-18(23-24-25-27)13-26(16-10-11-16)12-14-4-2-1-3-5-14/h1-9,16H,10-13H2. The molecular weight excluding hydrogens is 355 g/mol. The summed E-state index contributed by atoms with van der Waals surface area (Å²) in [4.78, 5) is 2.31. The average Bonchev–Trinajstić information content (AvgIpc) is 3.41. The van der Waals surface area contributed by atoms with Crippen LogP contribution in [0.1, 0.15) is 29.8 Å². The molecule has 0 spiro atoms. The monoisotopic (exact) mass is 373 g/mol. The molecule has 0 amide bonds. The third-order valence-corrected chi connectivity index (χ3v) is 4.61. The number of hydrogen-bond acceptors (Lipinski definition) is 4. The molecular formula is C19H18F3N5. The summed E-state index contributed by atoms with van der Waals surface area (Å²) < 4.78 is 39.8. The molecule has 3 aromatic rings. The highest BCUT2D eigenvalue weighted by Gasteiger charge is 2.31. The molecule has 0 bridgehead atoms. The molecule has 1 saturated carbocycles. The summed E-state index contributed by atoms with van der Waals surface area (Å²) in [6.07, 6.45) is -2.09. The van der Waals surface area contributed by atoms with Gasteiger partial charge in [0.2, 0.25) is 0 Å². The van der Waals surface area contributed by atoms with E-state index in [0.29, 0.717) is 24.1 Å². The van der Waals surface area contributed by atoms with Crippen molar-refractivity contribution in [2.24, 2.45) is 0 Å². The van der Waals surface area contributed by atoms with Gasteiger partial charge in [0.25, 0.3) is 0 Å². The number of tetrazole rings is 1. The summed E-state index contributed by atoms with van der Waals surface area (Å²) in [5, 5.41) is 11.8. The zero-order chi connectivity index (χ0) is 18.9. The lowest BCUT2D eigenvalue weighted by Gasteiger charge is -2.21. The van der Waals surface area contributed by atoms with Crippen LogP contribution in [-0.4, -0.2) is 31.1 Å². The zero-order valence-corrected chi connectivity index (χ0v) is 14.5. The highest BCUT2D eigenvalue weighted by molar-refractivity contribution is 5.35. The number of nitrogens with zero attached hydrogens (tertiary/aromatic N) is 5. The zero-order valence-electron chi connectivity index (χ0n) is 14.5. The third kappa shape index (κ3) is 4.16. The predicted molar refractivity (Wildman–Crippen MR) is 92.9 cm³/mol. The second-order valence-electron chi connectivity index (χ2n) is 6.67. The average molecular weight is 373 g/mol. The number of halogens is 3. The van der Waals surface area contributed by atoms with Crippen molar-refractivity contribution < 1.29 is 13.2 Å². The van der Waals surface area contributed by atoms with Gasteiger partial charge in [0, 0.05) is 12.6 Å². The molecule has 1 heterocycles. The van der Waals surface area contributed by atoms with E-state index < -0.39 is 11.7 Å². The molecule has 1 aliphatic rings. The topological polar surface area (TPSA) is 46.8 Å². The van der Waals surface area contributed by atoms with Gasteiger partial charge in [-0.25, -0.2) is 0 Å². The van der Waals surface area contributed by atoms with E-state index in [0.717, 1.165) is 31.5 Å². The fourth-order valence-electron chi connectivity index (χ4n) is 3.05. The van der Waals surface area contributed by atoms with E-state index in [9.17, 15) is 13.2 Å². The van der Waals surface area contributed by atoms with E-state index in [-0.39, 0.29) is 0 Å². The summed E-state index contributed by atoms with van der Waals surface area (Å²) in [7, 11) is 0. The molecule has 5 nitrogen and oxygen atoms in total. The van der Waals surface area contributed by atoms with Crippen molar-refractivity contribution in [2.45, 2.75) is 38.1 Å². The van der Waals surface area contributed by atoms with E-state index in [2.05, 4.69) is 32.6 Å². The maximum Gasteiger partial charge on any atom is 0.416 e. The minimum Gasteiger partial charge on any atom is -0.289 e. The van der Waals surface area contributed by atoms with Gasteiger partial charge in [0.1, 0.15) is 0 Å². The van der Waals surface area contributed by atoms with Crippen LogP contribution in [0.2, 0.25) is 0 Å². The van der Waals surface area contributed by atoms with Gasteiger partial charge >= 0.3 is 6.18 Å².